The molecule has 0 amide bonds. The van der Waals surface area contributed by atoms with Crippen molar-refractivity contribution in [3.05, 3.63) is 53.1 Å². The van der Waals surface area contributed by atoms with Gasteiger partial charge in [0.15, 0.2) is 0 Å². The second-order valence-corrected chi connectivity index (χ2v) is 7.11. The second kappa shape index (κ2) is 7.04. The van der Waals surface area contributed by atoms with Crippen LogP contribution in [0.25, 0.3) is 0 Å². The molecule has 2 aromatic rings. The zero-order chi connectivity index (χ0) is 17.0. The summed E-state index contributed by atoms with van der Waals surface area (Å²) in [6, 6.07) is 10.7. The van der Waals surface area contributed by atoms with Gasteiger partial charge in [0.25, 0.3) is 10.0 Å². The number of aryl methyl sites for hydroxylation is 3. The largest absolute Gasteiger partial charge is 0.494 e. The van der Waals surface area contributed by atoms with Gasteiger partial charge in [0.2, 0.25) is 0 Å². The number of sulfonamides is 1. The van der Waals surface area contributed by atoms with Crippen molar-refractivity contribution in [3.8, 4) is 5.75 Å². The highest BCUT2D eigenvalue weighted by Gasteiger charge is 2.18. The number of ether oxygens (including phenoxy) is 1. The third kappa shape index (κ3) is 3.85. The predicted molar refractivity (Wildman–Crippen MR) is 93.7 cm³/mol. The van der Waals surface area contributed by atoms with E-state index in [-0.39, 0.29) is 4.90 Å². The first kappa shape index (κ1) is 17.3. The van der Waals surface area contributed by atoms with Gasteiger partial charge in [0.05, 0.1) is 17.2 Å². The van der Waals surface area contributed by atoms with Crippen molar-refractivity contribution in [2.45, 2.75) is 39.0 Å². The number of para-hydroxylation sites is 1. The molecule has 0 atom stereocenters. The number of anilines is 1. The molecular formula is C18H23NO3S. The van der Waals surface area contributed by atoms with Gasteiger partial charge in [-0.2, -0.15) is 0 Å². The van der Waals surface area contributed by atoms with E-state index in [0.29, 0.717) is 18.0 Å². The molecule has 0 saturated carbocycles. The highest BCUT2D eigenvalue weighted by molar-refractivity contribution is 7.92. The summed E-state index contributed by atoms with van der Waals surface area (Å²) < 4.78 is 33.6. The molecule has 2 rings (SSSR count). The van der Waals surface area contributed by atoms with Gasteiger partial charge in [-0.05, 0) is 62.1 Å². The Morgan fingerprint density at radius 3 is 2.39 bits per heavy atom. The van der Waals surface area contributed by atoms with E-state index in [0.717, 1.165) is 23.1 Å². The Morgan fingerprint density at radius 2 is 1.78 bits per heavy atom. The maximum Gasteiger partial charge on any atom is 0.261 e. The summed E-state index contributed by atoms with van der Waals surface area (Å²) in [6.45, 7) is 8.20. The molecule has 0 aliphatic rings. The fourth-order valence-electron chi connectivity index (χ4n) is 2.47. The van der Waals surface area contributed by atoms with Gasteiger partial charge in [-0.1, -0.05) is 25.1 Å². The lowest BCUT2D eigenvalue weighted by molar-refractivity contribution is 0.337. The average Bonchev–Trinajstić information content (AvgIpc) is 2.51. The summed E-state index contributed by atoms with van der Waals surface area (Å²) in [5, 5.41) is 0. The minimum atomic E-state index is -3.63. The van der Waals surface area contributed by atoms with Gasteiger partial charge in [0, 0.05) is 0 Å². The lowest BCUT2D eigenvalue weighted by Crippen LogP contribution is -2.15. The fourth-order valence-corrected chi connectivity index (χ4v) is 3.73. The summed E-state index contributed by atoms with van der Waals surface area (Å²) in [5.74, 6) is 0.705. The van der Waals surface area contributed by atoms with Crippen molar-refractivity contribution in [1.29, 1.82) is 0 Å². The van der Waals surface area contributed by atoms with E-state index in [1.165, 1.54) is 0 Å². The Kier molecular flexibility index (Phi) is 5.31. The van der Waals surface area contributed by atoms with Crippen LogP contribution in [0.1, 0.15) is 30.5 Å². The molecule has 0 radical (unpaired) electrons. The van der Waals surface area contributed by atoms with Crippen LogP contribution in [0.5, 0.6) is 5.75 Å². The molecule has 0 saturated heterocycles. The Morgan fingerprint density at radius 1 is 1.04 bits per heavy atom. The van der Waals surface area contributed by atoms with E-state index in [9.17, 15) is 8.42 Å². The van der Waals surface area contributed by atoms with Gasteiger partial charge in [-0.3, -0.25) is 4.72 Å². The van der Waals surface area contributed by atoms with Crippen LogP contribution in [-0.4, -0.2) is 15.0 Å². The summed E-state index contributed by atoms with van der Waals surface area (Å²) in [7, 11) is -3.63. The first-order valence-electron chi connectivity index (χ1n) is 7.73. The molecule has 5 heteroatoms. The summed E-state index contributed by atoms with van der Waals surface area (Å²) >= 11 is 0. The lowest BCUT2D eigenvalue weighted by Gasteiger charge is -2.15. The van der Waals surface area contributed by atoms with Gasteiger partial charge in [0.1, 0.15) is 5.75 Å². The fraction of sp³-hybridized carbons (Fsp3) is 0.333. The van der Waals surface area contributed by atoms with Crippen LogP contribution in [0.4, 0.5) is 5.69 Å². The maximum atomic E-state index is 12.7. The van der Waals surface area contributed by atoms with Gasteiger partial charge < -0.3 is 4.74 Å². The smallest absolute Gasteiger partial charge is 0.261 e. The Hall–Kier alpha value is -2.01. The van der Waals surface area contributed by atoms with Crippen molar-refractivity contribution in [2.75, 3.05) is 11.3 Å². The van der Waals surface area contributed by atoms with Gasteiger partial charge in [-0.25, -0.2) is 8.42 Å². The third-order valence-corrected chi connectivity index (χ3v) is 5.08. The quantitative estimate of drug-likeness (QED) is 0.867. The Bertz CT molecular complexity index is 798. The van der Waals surface area contributed by atoms with Crippen LogP contribution >= 0.6 is 0 Å². The van der Waals surface area contributed by atoms with Crippen molar-refractivity contribution in [3.63, 3.8) is 0 Å². The number of hydrogen-bond donors (Lipinski definition) is 1. The van der Waals surface area contributed by atoms with Crippen molar-refractivity contribution < 1.29 is 13.2 Å². The molecule has 0 aliphatic carbocycles. The first-order chi connectivity index (χ1) is 10.9. The molecule has 1 N–H and O–H groups in total. The molecule has 0 fully saturated rings. The molecule has 0 spiro atoms. The highest BCUT2D eigenvalue weighted by Crippen LogP contribution is 2.27. The molecule has 0 aliphatic heterocycles. The van der Waals surface area contributed by atoms with Crippen molar-refractivity contribution in [1.82, 2.24) is 0 Å². The minimum Gasteiger partial charge on any atom is -0.494 e. The SMILES string of the molecule is CCOc1ccc(S(=O)(=O)Nc2c(C)cccc2CC)cc1C. The van der Waals surface area contributed by atoms with Crippen LogP contribution < -0.4 is 9.46 Å². The summed E-state index contributed by atoms with van der Waals surface area (Å²) in [5.41, 5.74) is 3.36. The Balaban J connectivity index is 2.38. The zero-order valence-electron chi connectivity index (χ0n) is 14.0. The molecule has 0 bridgehead atoms. The number of nitrogens with one attached hydrogen (secondary N) is 1. The van der Waals surface area contributed by atoms with Crippen molar-refractivity contribution >= 4 is 15.7 Å². The molecular weight excluding hydrogens is 310 g/mol. The van der Waals surface area contributed by atoms with E-state index >= 15 is 0 Å². The monoisotopic (exact) mass is 333 g/mol. The number of hydrogen-bond acceptors (Lipinski definition) is 3. The Labute approximate surface area is 138 Å². The summed E-state index contributed by atoms with van der Waals surface area (Å²) in [4.78, 5) is 0.240. The molecule has 23 heavy (non-hydrogen) atoms. The highest BCUT2D eigenvalue weighted by atomic mass is 32.2. The molecule has 0 unspecified atom stereocenters. The topological polar surface area (TPSA) is 55.4 Å². The molecule has 0 aromatic heterocycles. The van der Waals surface area contributed by atoms with E-state index < -0.39 is 10.0 Å². The van der Waals surface area contributed by atoms with E-state index in [2.05, 4.69) is 4.72 Å². The lowest BCUT2D eigenvalue weighted by atomic mass is 10.1. The molecule has 124 valence electrons. The molecule has 4 nitrogen and oxygen atoms in total. The van der Waals surface area contributed by atoms with E-state index in [1.54, 1.807) is 18.2 Å². The normalized spacial score (nSPS) is 11.3. The van der Waals surface area contributed by atoms with Gasteiger partial charge in [-0.15, -0.1) is 0 Å². The zero-order valence-corrected chi connectivity index (χ0v) is 14.8. The second-order valence-electron chi connectivity index (χ2n) is 5.43. The van der Waals surface area contributed by atoms with Crippen LogP contribution in [-0.2, 0) is 16.4 Å². The minimum absolute atomic E-state index is 0.240. The van der Waals surface area contributed by atoms with Crippen LogP contribution in [0, 0.1) is 13.8 Å². The van der Waals surface area contributed by atoms with Crippen molar-refractivity contribution in [2.24, 2.45) is 0 Å². The maximum absolute atomic E-state index is 12.7. The predicted octanol–water partition coefficient (Wildman–Crippen LogP) is 4.07. The third-order valence-electron chi connectivity index (χ3n) is 3.73. The number of rotatable bonds is 6. The van der Waals surface area contributed by atoms with E-state index in [1.807, 2.05) is 45.9 Å². The van der Waals surface area contributed by atoms with Crippen LogP contribution in [0.15, 0.2) is 41.3 Å². The van der Waals surface area contributed by atoms with Crippen LogP contribution in [0.2, 0.25) is 0 Å². The standard InChI is InChI=1S/C18H23NO3S/c1-5-15-9-7-8-13(3)18(15)19-23(20,21)16-10-11-17(22-6-2)14(4)12-16/h7-12,19H,5-6H2,1-4H3. The van der Waals surface area contributed by atoms with E-state index in [4.69, 9.17) is 4.74 Å². The number of benzene rings is 2. The molecule has 2 aromatic carbocycles. The molecule has 0 heterocycles. The van der Waals surface area contributed by atoms with Crippen LogP contribution in [0.3, 0.4) is 0 Å². The first-order valence-corrected chi connectivity index (χ1v) is 9.22. The van der Waals surface area contributed by atoms with Gasteiger partial charge >= 0.3 is 0 Å². The average molecular weight is 333 g/mol. The summed E-state index contributed by atoms with van der Waals surface area (Å²) in [6.07, 6.45) is 0.766.